The highest BCUT2D eigenvalue weighted by Crippen LogP contribution is 2.42. The van der Waals surface area contributed by atoms with Gasteiger partial charge in [0.25, 0.3) is 0 Å². The van der Waals surface area contributed by atoms with Crippen molar-refractivity contribution in [3.63, 3.8) is 0 Å². The summed E-state index contributed by atoms with van der Waals surface area (Å²) >= 11 is 0. The zero-order valence-electron chi connectivity index (χ0n) is 44.6. The fraction of sp³-hybridized carbons (Fsp3) is 0.0556. The van der Waals surface area contributed by atoms with Crippen LogP contribution in [0.5, 0.6) is 23.0 Å². The molecule has 0 aliphatic carbocycles. The van der Waals surface area contributed by atoms with Crippen LogP contribution in [-0.4, -0.2) is 48.4 Å². The molecule has 0 unspecified atom stereocenters. The highest BCUT2D eigenvalue weighted by atomic mass is 16.5. The van der Waals surface area contributed by atoms with Gasteiger partial charge in [-0.2, -0.15) is 0 Å². The number of fused-ring (bicyclic) bond motifs is 8. The van der Waals surface area contributed by atoms with Crippen LogP contribution in [-0.2, 0) is 0 Å². The van der Waals surface area contributed by atoms with Crippen molar-refractivity contribution in [2.45, 2.75) is 0 Å². The van der Waals surface area contributed by atoms with Crippen LogP contribution >= 0.6 is 0 Å². The van der Waals surface area contributed by atoms with Gasteiger partial charge in [0.05, 0.1) is 51.2 Å². The molecule has 8 aromatic carbocycles. The van der Waals surface area contributed by atoms with Gasteiger partial charge in [-0.15, -0.1) is 0 Å². The summed E-state index contributed by atoms with van der Waals surface area (Å²) in [6, 6.07) is 75.8. The van der Waals surface area contributed by atoms with Crippen molar-refractivity contribution in [1.29, 1.82) is 0 Å². The molecule has 2 aliphatic rings. The second-order valence-corrected chi connectivity index (χ2v) is 19.6. The van der Waals surface area contributed by atoms with Crippen LogP contribution < -0.4 is 18.9 Å². The first kappa shape index (κ1) is 49.2. The molecule has 0 atom stereocenters. The highest BCUT2D eigenvalue weighted by Gasteiger charge is 2.21. The Bertz CT molecular complexity index is 3820. The average molecular weight is 1040 g/mol. The summed E-state index contributed by atoms with van der Waals surface area (Å²) in [5, 5.41) is 0. The zero-order chi connectivity index (χ0) is 54.1. The molecule has 0 saturated carbocycles. The molecule has 2 aliphatic heterocycles. The van der Waals surface area contributed by atoms with E-state index in [9.17, 15) is 0 Å². The average Bonchev–Trinajstić information content (AvgIpc) is 4.44. The number of H-pyrrole nitrogens is 2. The summed E-state index contributed by atoms with van der Waals surface area (Å²) in [4.78, 5) is 19.1. The standard InChI is InChI=1S/C72H54N4O4/c1-77-65-17-9-5-13-53(65)45-21-29-49(30-22-45)69-57-37-39-59(73-57)70(50-31-23-46(24-32-50)54-14-6-10-18-66(54)78-2)61-41-43-63(75-61)72(52-35-27-48(28-36-52)56-16-8-12-20-68(56)80-4)64-44-42-62(76-64)71(60-40-38-58(69)74-60)51-33-25-47(26-34-51)55-15-7-11-19-67(55)79-3/h5-44,73,76H,1-4H3. The third-order valence-corrected chi connectivity index (χ3v) is 15.1. The van der Waals surface area contributed by atoms with Crippen molar-refractivity contribution in [3.05, 3.63) is 241 Å². The van der Waals surface area contributed by atoms with Crippen molar-refractivity contribution in [2.75, 3.05) is 28.4 Å². The summed E-state index contributed by atoms with van der Waals surface area (Å²) in [5.41, 5.74) is 23.0. The normalized spacial score (nSPS) is 11.7. The van der Waals surface area contributed by atoms with Crippen molar-refractivity contribution in [2.24, 2.45) is 0 Å². The van der Waals surface area contributed by atoms with E-state index in [1.165, 1.54) is 0 Å². The van der Waals surface area contributed by atoms with Crippen molar-refractivity contribution < 1.29 is 18.9 Å². The molecule has 13 rings (SSSR count). The molecule has 0 spiro atoms. The molecule has 0 saturated heterocycles. The second kappa shape index (κ2) is 21.2. The summed E-state index contributed by atoms with van der Waals surface area (Å²) in [6.45, 7) is 0. The van der Waals surface area contributed by atoms with Gasteiger partial charge in [0.2, 0.25) is 0 Å². The summed E-state index contributed by atoms with van der Waals surface area (Å²) in [5.74, 6) is 3.26. The molecule has 386 valence electrons. The minimum atomic E-state index is 0.815. The molecule has 0 radical (unpaired) electrons. The van der Waals surface area contributed by atoms with E-state index in [-0.39, 0.29) is 0 Å². The number of rotatable bonds is 12. The molecule has 11 aromatic rings. The molecule has 2 N–H and O–H groups in total. The maximum absolute atomic E-state index is 5.80. The van der Waals surface area contributed by atoms with Crippen LogP contribution in [0.1, 0.15) is 22.8 Å². The Morgan fingerprint density at radius 3 is 0.650 bits per heavy atom. The Balaban J connectivity index is 1.08. The first-order valence-electron chi connectivity index (χ1n) is 26.6. The lowest BCUT2D eigenvalue weighted by Crippen LogP contribution is -1.91. The summed E-state index contributed by atoms with van der Waals surface area (Å²) in [7, 11) is 6.85. The monoisotopic (exact) mass is 1040 g/mol. The minimum absolute atomic E-state index is 0.815. The highest BCUT2D eigenvalue weighted by molar-refractivity contribution is 6.00. The summed E-state index contributed by atoms with van der Waals surface area (Å²) < 4.78 is 23.2. The predicted octanol–water partition coefficient (Wildman–Crippen LogP) is 18.0. The van der Waals surface area contributed by atoms with Crippen LogP contribution in [0, 0.1) is 0 Å². The van der Waals surface area contributed by atoms with Gasteiger partial charge in [-0.3, -0.25) is 0 Å². The van der Waals surface area contributed by atoms with Crippen LogP contribution in [0.3, 0.4) is 0 Å². The fourth-order valence-electron chi connectivity index (χ4n) is 11.2. The van der Waals surface area contributed by atoms with E-state index in [0.29, 0.717) is 0 Å². The van der Waals surface area contributed by atoms with Gasteiger partial charge in [-0.1, -0.05) is 170 Å². The molecular formula is C72H54N4O4. The van der Waals surface area contributed by atoms with E-state index in [0.717, 1.165) is 157 Å². The molecule has 8 heteroatoms. The third-order valence-electron chi connectivity index (χ3n) is 15.1. The molecule has 0 fully saturated rings. The number of ether oxygens (including phenoxy) is 4. The van der Waals surface area contributed by atoms with Gasteiger partial charge in [-0.05, 0) is 117 Å². The maximum atomic E-state index is 5.80. The fourth-order valence-corrected chi connectivity index (χ4v) is 11.2. The first-order valence-corrected chi connectivity index (χ1v) is 26.6. The molecule has 3 aromatic heterocycles. The maximum Gasteiger partial charge on any atom is 0.126 e. The number of benzene rings is 8. The quantitative estimate of drug-likeness (QED) is 0.127. The Morgan fingerprint density at radius 1 is 0.237 bits per heavy atom. The molecule has 8 nitrogen and oxygen atoms in total. The number of nitrogens with zero attached hydrogens (tertiary/aromatic N) is 2. The largest absolute Gasteiger partial charge is 0.496 e. The Morgan fingerprint density at radius 2 is 0.438 bits per heavy atom. The molecule has 8 bridgehead atoms. The molecule has 5 heterocycles. The SMILES string of the molecule is COc1ccccc1-c1ccc(-c2c3nc(c(-c4ccc(-c5ccccc5OC)cc4)c4ccc([nH]4)c(-c4ccc(-c5ccccc5OC)cc4)c4nc(c(-c5ccc(-c6ccccc6OC)cc5)c5ccc2[nH]5)C=C4)C=C3)cc1. The lowest BCUT2D eigenvalue weighted by atomic mass is 9.98. The lowest BCUT2D eigenvalue weighted by Gasteiger charge is -2.11. The zero-order valence-corrected chi connectivity index (χ0v) is 44.6. The second-order valence-electron chi connectivity index (χ2n) is 19.6. The lowest BCUT2D eigenvalue weighted by molar-refractivity contribution is 0.416. The Kier molecular flexibility index (Phi) is 13.0. The Hall–Kier alpha value is -10.4. The van der Waals surface area contributed by atoms with Gasteiger partial charge in [0.15, 0.2) is 0 Å². The number of aromatic nitrogens is 4. The topological polar surface area (TPSA) is 94.3 Å². The minimum Gasteiger partial charge on any atom is -0.496 e. The van der Waals surface area contributed by atoms with Gasteiger partial charge < -0.3 is 28.9 Å². The van der Waals surface area contributed by atoms with Crippen molar-refractivity contribution in [1.82, 2.24) is 19.9 Å². The summed E-state index contributed by atoms with van der Waals surface area (Å²) in [6.07, 6.45) is 8.54. The van der Waals surface area contributed by atoms with E-state index in [4.69, 9.17) is 28.9 Å². The van der Waals surface area contributed by atoms with E-state index >= 15 is 0 Å². The number of hydrogen-bond donors (Lipinski definition) is 2. The molecular weight excluding hydrogens is 985 g/mol. The van der Waals surface area contributed by atoms with Crippen LogP contribution in [0.2, 0.25) is 0 Å². The van der Waals surface area contributed by atoms with E-state index in [2.05, 4.69) is 180 Å². The van der Waals surface area contributed by atoms with E-state index < -0.39 is 0 Å². The van der Waals surface area contributed by atoms with E-state index in [1.54, 1.807) is 28.4 Å². The van der Waals surface area contributed by atoms with Crippen LogP contribution in [0.4, 0.5) is 0 Å². The number of methoxy groups -OCH3 is 4. The van der Waals surface area contributed by atoms with Gasteiger partial charge in [0, 0.05) is 66.6 Å². The first-order chi connectivity index (χ1) is 39.5. The van der Waals surface area contributed by atoms with Gasteiger partial charge >= 0.3 is 0 Å². The predicted molar refractivity (Wildman–Crippen MR) is 329 cm³/mol. The number of aromatic amines is 2. The van der Waals surface area contributed by atoms with Crippen molar-refractivity contribution >= 4 is 46.4 Å². The number of nitrogens with one attached hydrogen (secondary N) is 2. The third kappa shape index (κ3) is 9.08. The number of para-hydroxylation sites is 4. The molecule has 0 amide bonds. The van der Waals surface area contributed by atoms with Crippen LogP contribution in [0.25, 0.3) is 135 Å². The van der Waals surface area contributed by atoms with Crippen LogP contribution in [0.15, 0.2) is 218 Å². The van der Waals surface area contributed by atoms with E-state index in [1.807, 2.05) is 72.8 Å². The van der Waals surface area contributed by atoms with Gasteiger partial charge in [0.1, 0.15) is 23.0 Å². The smallest absolute Gasteiger partial charge is 0.126 e. The molecule has 80 heavy (non-hydrogen) atoms. The van der Waals surface area contributed by atoms with Crippen molar-refractivity contribution in [3.8, 4) is 112 Å². The Labute approximate surface area is 464 Å². The van der Waals surface area contributed by atoms with Gasteiger partial charge in [-0.25, -0.2) is 9.97 Å². The number of hydrogen-bond acceptors (Lipinski definition) is 6.